The quantitative estimate of drug-likeness (QED) is 0.557. The van der Waals surface area contributed by atoms with Crippen LogP contribution in [-0.2, 0) is 11.3 Å². The largest absolute Gasteiger partial charge is 0.375 e. The van der Waals surface area contributed by atoms with Crippen molar-refractivity contribution < 1.29 is 9.59 Å². The van der Waals surface area contributed by atoms with Crippen molar-refractivity contribution in [3.05, 3.63) is 66.2 Å². The summed E-state index contributed by atoms with van der Waals surface area (Å²) in [5.74, 6) is -0.0720. The van der Waals surface area contributed by atoms with Crippen molar-refractivity contribution in [2.24, 2.45) is 0 Å². The normalized spacial score (nSPS) is 14.7. The second-order valence-corrected chi connectivity index (χ2v) is 7.95. The average molecular weight is 409 g/mol. The summed E-state index contributed by atoms with van der Waals surface area (Å²) in [5, 5.41) is 8.88. The predicted octanol–water partition coefficient (Wildman–Crippen LogP) is 3.44. The maximum atomic E-state index is 12.9. The number of benzene rings is 2. The van der Waals surface area contributed by atoms with Crippen molar-refractivity contribution in [1.82, 2.24) is 16.0 Å². The van der Waals surface area contributed by atoms with Crippen LogP contribution in [0.5, 0.6) is 0 Å². The molecule has 0 saturated heterocycles. The number of anilines is 1. The molecule has 6 heteroatoms. The van der Waals surface area contributed by atoms with Gasteiger partial charge in [-0.15, -0.1) is 0 Å². The lowest BCUT2D eigenvalue weighted by atomic mass is 9.96. The second-order valence-electron chi connectivity index (χ2n) is 7.95. The van der Waals surface area contributed by atoms with Gasteiger partial charge in [0.2, 0.25) is 5.91 Å². The molecule has 2 aromatic rings. The molecule has 160 valence electrons. The highest BCUT2D eigenvalue weighted by atomic mass is 16.2. The van der Waals surface area contributed by atoms with Gasteiger partial charge in [0.1, 0.15) is 5.54 Å². The summed E-state index contributed by atoms with van der Waals surface area (Å²) in [6.45, 7) is 1.88. The number of carbonyl (C=O) groups excluding carboxylic acids is 2. The van der Waals surface area contributed by atoms with Crippen LogP contribution in [0, 0.1) is 0 Å². The number of amides is 3. The first-order valence-corrected chi connectivity index (χ1v) is 10.7. The first-order chi connectivity index (χ1) is 14.6. The Morgan fingerprint density at radius 1 is 0.933 bits per heavy atom. The summed E-state index contributed by atoms with van der Waals surface area (Å²) in [5.41, 5.74) is 1.39. The summed E-state index contributed by atoms with van der Waals surface area (Å²) in [6.07, 6.45) is 4.10. The lowest BCUT2D eigenvalue weighted by Gasteiger charge is -2.29. The summed E-state index contributed by atoms with van der Waals surface area (Å²) in [7, 11) is 2.05. The van der Waals surface area contributed by atoms with Gasteiger partial charge in [-0.3, -0.25) is 4.79 Å². The van der Waals surface area contributed by atoms with Gasteiger partial charge >= 0.3 is 6.03 Å². The van der Waals surface area contributed by atoms with E-state index in [1.54, 1.807) is 0 Å². The van der Waals surface area contributed by atoms with E-state index in [9.17, 15) is 9.59 Å². The number of hydrogen-bond donors (Lipinski definition) is 3. The fourth-order valence-corrected chi connectivity index (χ4v) is 3.93. The third kappa shape index (κ3) is 5.99. The number of urea groups is 1. The van der Waals surface area contributed by atoms with Gasteiger partial charge in [-0.2, -0.15) is 0 Å². The van der Waals surface area contributed by atoms with Crippen LogP contribution in [0.3, 0.4) is 0 Å². The van der Waals surface area contributed by atoms with Crippen molar-refractivity contribution in [2.45, 2.75) is 44.2 Å². The molecule has 1 saturated carbocycles. The molecule has 6 nitrogen and oxygen atoms in total. The fraction of sp³-hybridized carbons (Fsp3) is 0.417. The first kappa shape index (κ1) is 21.7. The van der Waals surface area contributed by atoms with E-state index in [1.807, 2.05) is 55.6 Å². The minimum Gasteiger partial charge on any atom is -0.375 e. The van der Waals surface area contributed by atoms with Crippen LogP contribution in [-0.4, -0.2) is 37.6 Å². The number of carbonyl (C=O) groups is 2. The summed E-state index contributed by atoms with van der Waals surface area (Å²) >= 11 is 0. The second kappa shape index (κ2) is 10.7. The van der Waals surface area contributed by atoms with E-state index in [4.69, 9.17) is 0 Å². The Bertz CT molecular complexity index is 804. The molecule has 3 amide bonds. The van der Waals surface area contributed by atoms with Crippen molar-refractivity contribution in [1.29, 1.82) is 0 Å². The Labute approximate surface area is 179 Å². The Morgan fingerprint density at radius 3 is 2.23 bits per heavy atom. The monoisotopic (exact) mass is 408 g/mol. The Hall–Kier alpha value is -3.02. The maximum absolute atomic E-state index is 12.9. The van der Waals surface area contributed by atoms with E-state index in [2.05, 4.69) is 33.0 Å². The molecular weight excluding hydrogens is 376 g/mol. The third-order valence-corrected chi connectivity index (χ3v) is 5.69. The molecular formula is C24H32N4O2. The van der Waals surface area contributed by atoms with E-state index in [0.29, 0.717) is 25.9 Å². The van der Waals surface area contributed by atoms with Crippen molar-refractivity contribution >= 4 is 17.6 Å². The van der Waals surface area contributed by atoms with Crippen LogP contribution >= 0.6 is 0 Å². The molecule has 0 aromatic heterocycles. The number of hydrogen-bond acceptors (Lipinski definition) is 3. The highest BCUT2D eigenvalue weighted by Crippen LogP contribution is 2.30. The predicted molar refractivity (Wildman–Crippen MR) is 120 cm³/mol. The molecule has 1 fully saturated rings. The molecule has 0 radical (unpaired) electrons. The zero-order valence-electron chi connectivity index (χ0n) is 17.7. The van der Waals surface area contributed by atoms with Gasteiger partial charge in [0.15, 0.2) is 0 Å². The molecule has 0 aliphatic heterocycles. The highest BCUT2D eigenvalue weighted by molar-refractivity contribution is 5.91. The van der Waals surface area contributed by atoms with Crippen LogP contribution in [0.15, 0.2) is 60.7 Å². The molecule has 3 rings (SSSR count). The van der Waals surface area contributed by atoms with Gasteiger partial charge in [-0.1, -0.05) is 61.4 Å². The third-order valence-electron chi connectivity index (χ3n) is 5.69. The average Bonchev–Trinajstić information content (AvgIpc) is 3.26. The Balaban J connectivity index is 1.44. The topological polar surface area (TPSA) is 73.5 Å². The Kier molecular flexibility index (Phi) is 7.71. The molecule has 1 aliphatic carbocycles. The summed E-state index contributed by atoms with van der Waals surface area (Å²) < 4.78 is 0. The van der Waals surface area contributed by atoms with Gasteiger partial charge in [0, 0.05) is 32.4 Å². The summed E-state index contributed by atoms with van der Waals surface area (Å²) in [6, 6.07) is 19.6. The van der Waals surface area contributed by atoms with E-state index in [1.165, 1.54) is 0 Å². The lowest BCUT2D eigenvalue weighted by Crippen LogP contribution is -2.59. The maximum Gasteiger partial charge on any atom is 0.315 e. The zero-order chi connectivity index (χ0) is 21.2. The van der Waals surface area contributed by atoms with Crippen molar-refractivity contribution in [3.8, 4) is 0 Å². The number of rotatable bonds is 9. The van der Waals surface area contributed by atoms with Crippen molar-refractivity contribution in [3.63, 3.8) is 0 Å². The highest BCUT2D eigenvalue weighted by Gasteiger charge is 2.42. The van der Waals surface area contributed by atoms with Gasteiger partial charge in [0.05, 0.1) is 0 Å². The van der Waals surface area contributed by atoms with Crippen LogP contribution in [0.1, 0.15) is 37.7 Å². The summed E-state index contributed by atoms with van der Waals surface area (Å²) in [4.78, 5) is 27.5. The minimum absolute atomic E-state index is 0.0720. The van der Waals surface area contributed by atoms with Gasteiger partial charge in [-0.05, 0) is 37.0 Å². The van der Waals surface area contributed by atoms with Gasteiger partial charge < -0.3 is 20.9 Å². The number of nitrogens with zero attached hydrogens (tertiary/aromatic N) is 1. The van der Waals surface area contributed by atoms with Crippen LogP contribution in [0.4, 0.5) is 10.5 Å². The van der Waals surface area contributed by atoms with E-state index in [0.717, 1.165) is 37.1 Å². The van der Waals surface area contributed by atoms with E-state index in [-0.39, 0.29) is 11.9 Å². The van der Waals surface area contributed by atoms with Gasteiger partial charge in [-0.25, -0.2) is 4.79 Å². The minimum atomic E-state index is -0.800. The van der Waals surface area contributed by atoms with E-state index < -0.39 is 5.54 Å². The van der Waals surface area contributed by atoms with Crippen LogP contribution < -0.4 is 20.9 Å². The molecule has 0 heterocycles. The molecule has 1 aliphatic rings. The number of nitrogens with one attached hydrogen (secondary N) is 3. The molecule has 0 unspecified atom stereocenters. The molecule has 0 bridgehead atoms. The van der Waals surface area contributed by atoms with Crippen LogP contribution in [0.2, 0.25) is 0 Å². The standard InChI is InChI=1S/C24H32N4O2/c1-28(21-13-6-3-7-14-21)18-10-17-25-22(29)24(15-8-9-16-24)27-23(30)26-19-20-11-4-2-5-12-20/h2-7,11-14H,8-10,15-19H2,1H3,(H,25,29)(H2,26,27,30). The van der Waals surface area contributed by atoms with Crippen LogP contribution in [0.25, 0.3) is 0 Å². The SMILES string of the molecule is CN(CCCNC(=O)C1(NC(=O)NCc2ccccc2)CCCC1)c1ccccc1. The lowest BCUT2D eigenvalue weighted by molar-refractivity contribution is -0.127. The Morgan fingerprint density at radius 2 is 1.57 bits per heavy atom. The first-order valence-electron chi connectivity index (χ1n) is 10.7. The smallest absolute Gasteiger partial charge is 0.315 e. The fourth-order valence-electron chi connectivity index (χ4n) is 3.93. The number of para-hydroxylation sites is 1. The van der Waals surface area contributed by atoms with Crippen molar-refractivity contribution in [2.75, 3.05) is 25.0 Å². The van der Waals surface area contributed by atoms with Gasteiger partial charge in [0.25, 0.3) is 0 Å². The molecule has 0 spiro atoms. The molecule has 2 aromatic carbocycles. The molecule has 3 N–H and O–H groups in total. The molecule has 0 atom stereocenters. The molecule has 30 heavy (non-hydrogen) atoms. The zero-order valence-corrected chi connectivity index (χ0v) is 17.7. The van der Waals surface area contributed by atoms with E-state index >= 15 is 0 Å².